The van der Waals surface area contributed by atoms with Crippen molar-refractivity contribution in [1.82, 2.24) is 10.2 Å². The van der Waals surface area contributed by atoms with Crippen molar-refractivity contribution in [3.63, 3.8) is 0 Å². The van der Waals surface area contributed by atoms with Gasteiger partial charge in [-0.15, -0.1) is 0 Å². The maximum atomic E-state index is 12.1. The van der Waals surface area contributed by atoms with Gasteiger partial charge in [0.1, 0.15) is 0 Å². The molecular formula is C14H19BrN2O3. The third-order valence-electron chi connectivity index (χ3n) is 2.96. The van der Waals surface area contributed by atoms with E-state index in [1.54, 1.807) is 6.92 Å². The Morgan fingerprint density at radius 1 is 1.35 bits per heavy atom. The van der Waals surface area contributed by atoms with Crippen molar-refractivity contribution in [2.24, 2.45) is 0 Å². The number of urea groups is 1. The topological polar surface area (TPSA) is 69.6 Å². The quantitative estimate of drug-likeness (QED) is 0.835. The molecule has 0 aliphatic heterocycles. The summed E-state index contributed by atoms with van der Waals surface area (Å²) in [6, 6.07) is 7.08. The zero-order chi connectivity index (χ0) is 15.1. The van der Waals surface area contributed by atoms with Gasteiger partial charge in [-0.3, -0.25) is 4.79 Å². The van der Waals surface area contributed by atoms with Crippen LogP contribution in [0.1, 0.15) is 25.8 Å². The number of halogens is 1. The monoisotopic (exact) mass is 342 g/mol. The number of amides is 2. The summed E-state index contributed by atoms with van der Waals surface area (Å²) >= 11 is 3.35. The van der Waals surface area contributed by atoms with Gasteiger partial charge in [0.2, 0.25) is 0 Å². The van der Waals surface area contributed by atoms with Crippen molar-refractivity contribution in [3.8, 4) is 0 Å². The molecule has 0 saturated carbocycles. The lowest BCUT2D eigenvalue weighted by Crippen LogP contribution is -2.45. The standard InChI is InChI=1S/C14H19BrN2O3/c1-3-17(10(2)8-13(18)19)14(20)16-9-11-4-6-12(15)7-5-11/h4-7,10H,3,8-9H2,1-2H3,(H,16,20)(H,18,19). The molecule has 0 bridgehead atoms. The molecule has 0 aliphatic rings. The lowest BCUT2D eigenvalue weighted by atomic mass is 10.2. The van der Waals surface area contributed by atoms with Gasteiger partial charge in [0.25, 0.3) is 0 Å². The summed E-state index contributed by atoms with van der Waals surface area (Å²) in [5.41, 5.74) is 0.989. The van der Waals surface area contributed by atoms with Crippen LogP contribution < -0.4 is 5.32 Å². The van der Waals surface area contributed by atoms with Gasteiger partial charge in [0.15, 0.2) is 0 Å². The zero-order valence-electron chi connectivity index (χ0n) is 11.6. The highest BCUT2D eigenvalue weighted by molar-refractivity contribution is 9.10. The number of benzene rings is 1. The second-order valence-corrected chi connectivity index (χ2v) is 5.43. The third-order valence-corrected chi connectivity index (χ3v) is 3.49. The van der Waals surface area contributed by atoms with Crippen LogP contribution >= 0.6 is 15.9 Å². The molecule has 2 amide bonds. The molecule has 110 valence electrons. The van der Waals surface area contributed by atoms with Gasteiger partial charge in [-0.2, -0.15) is 0 Å². The molecule has 1 aromatic carbocycles. The van der Waals surface area contributed by atoms with Gasteiger partial charge in [-0.1, -0.05) is 28.1 Å². The molecule has 1 unspecified atom stereocenters. The summed E-state index contributed by atoms with van der Waals surface area (Å²) in [7, 11) is 0. The highest BCUT2D eigenvalue weighted by atomic mass is 79.9. The summed E-state index contributed by atoms with van der Waals surface area (Å²) in [6.45, 7) is 4.46. The molecule has 0 heterocycles. The number of hydrogen-bond donors (Lipinski definition) is 2. The van der Waals surface area contributed by atoms with Crippen molar-refractivity contribution < 1.29 is 14.7 Å². The second-order valence-electron chi connectivity index (χ2n) is 4.52. The molecule has 2 N–H and O–H groups in total. The van der Waals surface area contributed by atoms with E-state index in [9.17, 15) is 9.59 Å². The molecule has 0 fully saturated rings. The molecule has 0 spiro atoms. The number of nitrogens with one attached hydrogen (secondary N) is 1. The maximum absolute atomic E-state index is 12.1. The van der Waals surface area contributed by atoms with Gasteiger partial charge in [-0.25, -0.2) is 4.79 Å². The number of carbonyl (C=O) groups excluding carboxylic acids is 1. The predicted octanol–water partition coefficient (Wildman–Crippen LogP) is 2.84. The van der Waals surface area contributed by atoms with E-state index in [2.05, 4.69) is 21.2 Å². The Labute approximate surface area is 127 Å². The van der Waals surface area contributed by atoms with E-state index in [1.165, 1.54) is 4.90 Å². The van der Waals surface area contributed by atoms with Gasteiger partial charge in [-0.05, 0) is 31.5 Å². The summed E-state index contributed by atoms with van der Waals surface area (Å²) in [5, 5.41) is 11.6. The Kier molecular flexibility index (Phi) is 6.51. The van der Waals surface area contributed by atoms with Crippen LogP contribution in [-0.2, 0) is 11.3 Å². The fourth-order valence-electron chi connectivity index (χ4n) is 1.90. The van der Waals surface area contributed by atoms with Crippen molar-refractivity contribution >= 4 is 27.9 Å². The highest BCUT2D eigenvalue weighted by Gasteiger charge is 2.20. The number of rotatable bonds is 6. The van der Waals surface area contributed by atoms with Crippen LogP contribution in [-0.4, -0.2) is 34.6 Å². The van der Waals surface area contributed by atoms with Gasteiger partial charge in [0, 0.05) is 23.6 Å². The van der Waals surface area contributed by atoms with E-state index in [0.717, 1.165) is 10.0 Å². The van der Waals surface area contributed by atoms with E-state index in [1.807, 2.05) is 31.2 Å². The van der Waals surface area contributed by atoms with Gasteiger partial charge in [0.05, 0.1) is 6.42 Å². The Morgan fingerprint density at radius 2 is 1.95 bits per heavy atom. The van der Waals surface area contributed by atoms with Crippen molar-refractivity contribution in [3.05, 3.63) is 34.3 Å². The normalized spacial score (nSPS) is 11.8. The van der Waals surface area contributed by atoms with Crippen LogP contribution in [0.25, 0.3) is 0 Å². The Bertz CT molecular complexity index is 462. The minimum atomic E-state index is -0.906. The fraction of sp³-hybridized carbons (Fsp3) is 0.429. The zero-order valence-corrected chi connectivity index (χ0v) is 13.2. The van der Waals surface area contributed by atoms with Crippen LogP contribution in [0.4, 0.5) is 4.79 Å². The fourth-order valence-corrected chi connectivity index (χ4v) is 2.16. The molecule has 1 atom stereocenters. The van der Waals surface area contributed by atoms with Crippen molar-refractivity contribution in [1.29, 1.82) is 0 Å². The van der Waals surface area contributed by atoms with Crippen LogP contribution in [0, 0.1) is 0 Å². The Morgan fingerprint density at radius 3 is 2.45 bits per heavy atom. The van der Waals surface area contributed by atoms with Crippen LogP contribution in [0.15, 0.2) is 28.7 Å². The van der Waals surface area contributed by atoms with E-state index >= 15 is 0 Å². The molecule has 0 aromatic heterocycles. The van der Waals surface area contributed by atoms with Crippen molar-refractivity contribution in [2.45, 2.75) is 32.9 Å². The summed E-state index contributed by atoms with van der Waals surface area (Å²) < 4.78 is 0.984. The minimum absolute atomic E-state index is 0.0560. The lowest BCUT2D eigenvalue weighted by Gasteiger charge is -2.27. The van der Waals surface area contributed by atoms with Gasteiger partial charge >= 0.3 is 12.0 Å². The van der Waals surface area contributed by atoms with Crippen LogP contribution in [0.5, 0.6) is 0 Å². The molecule has 0 aliphatic carbocycles. The molecule has 0 radical (unpaired) electrons. The Hall–Kier alpha value is -1.56. The number of carbonyl (C=O) groups is 2. The Balaban J connectivity index is 2.54. The van der Waals surface area contributed by atoms with E-state index in [-0.39, 0.29) is 18.5 Å². The van der Waals surface area contributed by atoms with Crippen molar-refractivity contribution in [2.75, 3.05) is 6.54 Å². The number of carboxylic acids is 1. The first kappa shape index (κ1) is 16.5. The smallest absolute Gasteiger partial charge is 0.317 e. The predicted molar refractivity (Wildman–Crippen MR) is 80.5 cm³/mol. The highest BCUT2D eigenvalue weighted by Crippen LogP contribution is 2.10. The first-order valence-corrected chi connectivity index (χ1v) is 7.24. The third kappa shape index (κ3) is 5.21. The molecule has 20 heavy (non-hydrogen) atoms. The molecule has 5 nitrogen and oxygen atoms in total. The average Bonchev–Trinajstić information content (AvgIpc) is 2.38. The largest absolute Gasteiger partial charge is 0.481 e. The van der Waals surface area contributed by atoms with E-state index in [4.69, 9.17) is 5.11 Å². The van der Waals surface area contributed by atoms with Gasteiger partial charge < -0.3 is 15.3 Å². The minimum Gasteiger partial charge on any atom is -0.481 e. The summed E-state index contributed by atoms with van der Waals surface area (Å²) in [4.78, 5) is 24.3. The summed E-state index contributed by atoms with van der Waals surface area (Å²) in [5.74, 6) is -0.906. The number of carboxylic acid groups (broad SMARTS) is 1. The number of nitrogens with zero attached hydrogens (tertiary/aromatic N) is 1. The molecule has 1 rings (SSSR count). The first-order chi connectivity index (χ1) is 9.43. The van der Waals surface area contributed by atoms with E-state index in [0.29, 0.717) is 13.1 Å². The van der Waals surface area contributed by atoms with Crippen LogP contribution in [0.3, 0.4) is 0 Å². The average molecular weight is 343 g/mol. The van der Waals surface area contributed by atoms with Crippen LogP contribution in [0.2, 0.25) is 0 Å². The SMILES string of the molecule is CCN(C(=O)NCc1ccc(Br)cc1)C(C)CC(=O)O. The molecule has 1 aromatic rings. The first-order valence-electron chi connectivity index (χ1n) is 6.44. The number of aliphatic carboxylic acids is 1. The molecule has 0 saturated heterocycles. The van der Waals surface area contributed by atoms with E-state index < -0.39 is 5.97 Å². The molecular weight excluding hydrogens is 324 g/mol. The molecule has 6 heteroatoms. The second kappa shape index (κ2) is 7.89. The lowest BCUT2D eigenvalue weighted by molar-refractivity contribution is -0.138. The maximum Gasteiger partial charge on any atom is 0.317 e. The summed E-state index contributed by atoms with van der Waals surface area (Å²) in [6.07, 6.45) is -0.0560. The number of hydrogen-bond acceptors (Lipinski definition) is 2.